The quantitative estimate of drug-likeness (QED) is 0.729. The van der Waals surface area contributed by atoms with Crippen molar-refractivity contribution in [2.45, 2.75) is 26.2 Å². The number of benzene rings is 1. The van der Waals surface area contributed by atoms with Crippen molar-refractivity contribution in [3.8, 4) is 6.07 Å². The van der Waals surface area contributed by atoms with Crippen molar-refractivity contribution >= 4 is 5.78 Å². The van der Waals surface area contributed by atoms with Gasteiger partial charge in [-0.05, 0) is 12.5 Å². The molecule has 0 aliphatic carbocycles. The van der Waals surface area contributed by atoms with Gasteiger partial charge in [-0.2, -0.15) is 5.26 Å². The zero-order valence-electron chi connectivity index (χ0n) is 8.45. The second-order valence-electron chi connectivity index (χ2n) is 3.29. The van der Waals surface area contributed by atoms with Crippen LogP contribution in [0.2, 0.25) is 0 Å². The molecule has 2 nitrogen and oxygen atoms in total. The smallest absolute Gasteiger partial charge is 0.154 e. The van der Waals surface area contributed by atoms with Crippen molar-refractivity contribution in [1.82, 2.24) is 0 Å². The van der Waals surface area contributed by atoms with Crippen LogP contribution in [0.1, 0.15) is 30.4 Å². The third-order valence-electron chi connectivity index (χ3n) is 2.21. The summed E-state index contributed by atoms with van der Waals surface area (Å²) in [6.45, 7) is 3.76. The third kappa shape index (κ3) is 2.20. The van der Waals surface area contributed by atoms with Gasteiger partial charge >= 0.3 is 0 Å². The van der Waals surface area contributed by atoms with E-state index in [2.05, 4.69) is 0 Å². The fourth-order valence-corrected chi connectivity index (χ4v) is 1.30. The molecule has 1 atom stereocenters. The lowest BCUT2D eigenvalue weighted by molar-refractivity contribution is -0.119. The van der Waals surface area contributed by atoms with Crippen LogP contribution in [0.15, 0.2) is 24.3 Å². The molecule has 72 valence electrons. The molecule has 0 amide bonds. The molecule has 0 N–H and O–H groups in total. The fraction of sp³-hybridized carbons (Fsp3) is 0.333. The molecule has 1 aromatic carbocycles. The molecule has 1 rings (SSSR count). The molecule has 0 spiro atoms. The standard InChI is InChI=1S/C12H13NO/c1-3-12(14)11(8-13)10-6-4-9(2)5-7-10/h4-7,11H,3H2,1-2H3/t11-/m1/s1. The van der Waals surface area contributed by atoms with Gasteiger partial charge < -0.3 is 0 Å². The summed E-state index contributed by atoms with van der Waals surface area (Å²) in [4.78, 5) is 11.4. The number of rotatable bonds is 3. The van der Waals surface area contributed by atoms with E-state index in [9.17, 15) is 4.79 Å². The van der Waals surface area contributed by atoms with Crippen LogP contribution in [0.25, 0.3) is 0 Å². The maximum atomic E-state index is 11.4. The Balaban J connectivity index is 2.97. The average Bonchev–Trinajstić information content (AvgIpc) is 2.21. The summed E-state index contributed by atoms with van der Waals surface area (Å²) in [5.74, 6) is -0.614. The van der Waals surface area contributed by atoms with E-state index in [1.165, 1.54) is 0 Å². The Morgan fingerprint density at radius 3 is 2.43 bits per heavy atom. The molecule has 0 saturated carbocycles. The molecule has 0 fully saturated rings. The predicted octanol–water partition coefficient (Wildman–Crippen LogP) is 2.58. The van der Waals surface area contributed by atoms with Crippen molar-refractivity contribution in [2.24, 2.45) is 0 Å². The van der Waals surface area contributed by atoms with Crippen molar-refractivity contribution in [1.29, 1.82) is 5.26 Å². The summed E-state index contributed by atoms with van der Waals surface area (Å²) in [5.41, 5.74) is 1.93. The molecule has 0 heterocycles. The lowest BCUT2D eigenvalue weighted by atomic mass is 9.94. The number of nitriles is 1. The number of carbonyl (C=O) groups excluding carboxylic acids is 1. The van der Waals surface area contributed by atoms with Gasteiger partial charge in [-0.3, -0.25) is 4.79 Å². The van der Waals surface area contributed by atoms with Crippen LogP contribution in [0.4, 0.5) is 0 Å². The number of hydrogen-bond acceptors (Lipinski definition) is 2. The summed E-state index contributed by atoms with van der Waals surface area (Å²) >= 11 is 0. The molecule has 0 aromatic heterocycles. The van der Waals surface area contributed by atoms with Crippen molar-refractivity contribution in [2.75, 3.05) is 0 Å². The van der Waals surface area contributed by atoms with Crippen LogP contribution < -0.4 is 0 Å². The zero-order chi connectivity index (χ0) is 10.6. The Morgan fingerprint density at radius 2 is 2.00 bits per heavy atom. The van der Waals surface area contributed by atoms with E-state index in [-0.39, 0.29) is 5.78 Å². The number of aryl methyl sites for hydroxylation is 1. The van der Waals surface area contributed by atoms with Gasteiger partial charge in [0.15, 0.2) is 5.78 Å². The molecule has 1 aromatic rings. The lowest BCUT2D eigenvalue weighted by Crippen LogP contribution is -2.09. The summed E-state index contributed by atoms with van der Waals surface area (Å²) < 4.78 is 0. The first-order chi connectivity index (χ1) is 6.69. The highest BCUT2D eigenvalue weighted by atomic mass is 16.1. The van der Waals surface area contributed by atoms with Crippen LogP contribution in [-0.2, 0) is 4.79 Å². The molecular weight excluding hydrogens is 174 g/mol. The van der Waals surface area contributed by atoms with E-state index in [0.29, 0.717) is 6.42 Å². The number of ketones is 1. The third-order valence-corrected chi connectivity index (χ3v) is 2.21. The molecule has 0 aliphatic rings. The van der Waals surface area contributed by atoms with E-state index in [0.717, 1.165) is 11.1 Å². The van der Waals surface area contributed by atoms with Crippen molar-refractivity contribution in [3.63, 3.8) is 0 Å². The summed E-state index contributed by atoms with van der Waals surface area (Å²) in [5, 5.41) is 8.88. The van der Waals surface area contributed by atoms with Gasteiger partial charge in [0.2, 0.25) is 0 Å². The van der Waals surface area contributed by atoms with Crippen molar-refractivity contribution < 1.29 is 4.79 Å². The summed E-state index contributed by atoms with van der Waals surface area (Å²) in [6, 6.07) is 9.57. The minimum atomic E-state index is -0.597. The van der Waals surface area contributed by atoms with Gasteiger partial charge in [-0.25, -0.2) is 0 Å². The minimum Gasteiger partial charge on any atom is -0.298 e. The molecular formula is C12H13NO. The fourth-order valence-electron chi connectivity index (χ4n) is 1.30. The Labute approximate surface area is 84.2 Å². The number of hydrogen-bond donors (Lipinski definition) is 0. The first-order valence-corrected chi connectivity index (χ1v) is 4.68. The Kier molecular flexibility index (Phi) is 3.41. The van der Waals surface area contributed by atoms with E-state index in [4.69, 9.17) is 5.26 Å². The van der Waals surface area contributed by atoms with Crippen LogP contribution in [0, 0.1) is 18.3 Å². The SMILES string of the molecule is CCC(=O)[C@H](C#N)c1ccc(C)cc1. The molecule has 2 heteroatoms. The van der Waals surface area contributed by atoms with Gasteiger partial charge in [-0.1, -0.05) is 36.8 Å². The Morgan fingerprint density at radius 1 is 1.43 bits per heavy atom. The van der Waals surface area contributed by atoms with E-state index < -0.39 is 5.92 Å². The topological polar surface area (TPSA) is 40.9 Å². The first kappa shape index (κ1) is 10.5. The van der Waals surface area contributed by atoms with Crippen LogP contribution >= 0.6 is 0 Å². The molecule has 14 heavy (non-hydrogen) atoms. The second kappa shape index (κ2) is 4.57. The highest BCUT2D eigenvalue weighted by Gasteiger charge is 2.17. The summed E-state index contributed by atoms with van der Waals surface area (Å²) in [6.07, 6.45) is 0.409. The highest BCUT2D eigenvalue weighted by molar-refractivity contribution is 5.88. The highest BCUT2D eigenvalue weighted by Crippen LogP contribution is 2.17. The average molecular weight is 187 g/mol. The molecule has 0 unspecified atom stereocenters. The monoisotopic (exact) mass is 187 g/mol. The maximum absolute atomic E-state index is 11.4. The largest absolute Gasteiger partial charge is 0.298 e. The normalized spacial score (nSPS) is 11.8. The predicted molar refractivity (Wildman–Crippen MR) is 54.8 cm³/mol. The zero-order valence-corrected chi connectivity index (χ0v) is 8.45. The van der Waals surface area contributed by atoms with Crippen LogP contribution in [0.5, 0.6) is 0 Å². The molecule has 0 radical (unpaired) electrons. The van der Waals surface area contributed by atoms with Crippen molar-refractivity contribution in [3.05, 3.63) is 35.4 Å². The Bertz CT molecular complexity index is 359. The van der Waals surface area contributed by atoms with E-state index >= 15 is 0 Å². The molecule has 0 saturated heterocycles. The van der Waals surface area contributed by atoms with Gasteiger partial charge in [0.05, 0.1) is 6.07 Å². The number of nitrogens with zero attached hydrogens (tertiary/aromatic N) is 1. The summed E-state index contributed by atoms with van der Waals surface area (Å²) in [7, 11) is 0. The van der Waals surface area contributed by atoms with Gasteiger partial charge in [0, 0.05) is 6.42 Å². The molecule has 0 bridgehead atoms. The van der Waals surface area contributed by atoms with Crippen LogP contribution in [0.3, 0.4) is 0 Å². The van der Waals surface area contributed by atoms with Gasteiger partial charge in [0.25, 0.3) is 0 Å². The van der Waals surface area contributed by atoms with Gasteiger partial charge in [0.1, 0.15) is 5.92 Å². The number of Topliss-reactive ketones (excluding diaryl/α,β-unsaturated/α-hetero) is 1. The lowest BCUT2D eigenvalue weighted by Gasteiger charge is -2.06. The van der Waals surface area contributed by atoms with E-state index in [1.807, 2.05) is 37.3 Å². The van der Waals surface area contributed by atoms with Gasteiger partial charge in [-0.15, -0.1) is 0 Å². The van der Waals surface area contributed by atoms with Crippen LogP contribution in [-0.4, -0.2) is 5.78 Å². The maximum Gasteiger partial charge on any atom is 0.154 e. The molecule has 0 aliphatic heterocycles. The first-order valence-electron chi connectivity index (χ1n) is 4.68. The van der Waals surface area contributed by atoms with E-state index in [1.54, 1.807) is 6.92 Å². The number of carbonyl (C=O) groups is 1. The minimum absolute atomic E-state index is 0.0173. The second-order valence-corrected chi connectivity index (χ2v) is 3.29. The Hall–Kier alpha value is -1.62.